The molecule has 5 heteroatoms. The summed E-state index contributed by atoms with van der Waals surface area (Å²) in [6.45, 7) is 2.24. The highest BCUT2D eigenvalue weighted by Crippen LogP contribution is 2.27. The number of rotatable bonds is 4. The number of piperidine rings is 1. The van der Waals surface area contributed by atoms with Crippen LogP contribution in [0.25, 0.3) is 11.2 Å². The van der Waals surface area contributed by atoms with E-state index >= 15 is 0 Å². The predicted molar refractivity (Wildman–Crippen MR) is 92.3 cm³/mol. The van der Waals surface area contributed by atoms with Gasteiger partial charge in [-0.05, 0) is 55.4 Å². The van der Waals surface area contributed by atoms with E-state index in [1.165, 1.54) is 43.0 Å². The van der Waals surface area contributed by atoms with Gasteiger partial charge in [0.25, 0.3) is 0 Å². The molecule has 0 spiro atoms. The Morgan fingerprint density at radius 2 is 2.32 bits per heavy atom. The van der Waals surface area contributed by atoms with Gasteiger partial charge in [0.05, 0.1) is 0 Å². The molecule has 0 aliphatic carbocycles. The van der Waals surface area contributed by atoms with Gasteiger partial charge in [-0.25, -0.2) is 9.97 Å². The summed E-state index contributed by atoms with van der Waals surface area (Å²) < 4.78 is 2.40. The third-order valence-electron chi connectivity index (χ3n) is 4.89. The molecule has 4 heterocycles. The van der Waals surface area contributed by atoms with Gasteiger partial charge >= 0.3 is 0 Å². The first kappa shape index (κ1) is 14.5. The Hall–Kier alpha value is -1.07. The Labute approximate surface area is 136 Å². The molecule has 0 radical (unpaired) electrons. The largest absolute Gasteiger partial charge is 0.314 e. The zero-order valence-corrected chi connectivity index (χ0v) is 13.8. The van der Waals surface area contributed by atoms with E-state index in [0.717, 1.165) is 36.6 Å². The molecule has 2 aliphatic heterocycles. The zero-order valence-electron chi connectivity index (χ0n) is 13.0. The summed E-state index contributed by atoms with van der Waals surface area (Å²) in [6, 6.07) is 4.68. The van der Waals surface area contributed by atoms with Crippen LogP contribution in [0.2, 0.25) is 0 Å². The van der Waals surface area contributed by atoms with Crippen LogP contribution in [0.15, 0.2) is 18.3 Å². The number of hydrogen-bond acceptors (Lipinski definition) is 4. The standard InChI is InChI=1S/C17H24N4S/c1-2-7-18-14(4-1)10-16-20-15-5-3-8-19-17(15)21(16)11-13-6-9-22-12-13/h3,5,8,13-14,18H,1-2,4,6-7,9-12H2. The van der Waals surface area contributed by atoms with Gasteiger partial charge in [-0.2, -0.15) is 11.8 Å². The average Bonchev–Trinajstić information content (AvgIpc) is 3.18. The van der Waals surface area contributed by atoms with Crippen LogP contribution in [-0.4, -0.2) is 38.6 Å². The molecule has 2 fully saturated rings. The molecule has 4 nitrogen and oxygen atoms in total. The van der Waals surface area contributed by atoms with Crippen molar-refractivity contribution in [2.45, 2.75) is 44.7 Å². The number of pyridine rings is 1. The van der Waals surface area contributed by atoms with Crippen LogP contribution in [0.4, 0.5) is 0 Å². The van der Waals surface area contributed by atoms with E-state index in [1.807, 2.05) is 12.3 Å². The minimum atomic E-state index is 0.585. The van der Waals surface area contributed by atoms with Crippen LogP contribution in [-0.2, 0) is 13.0 Å². The molecular weight excluding hydrogens is 292 g/mol. The minimum absolute atomic E-state index is 0.585. The second-order valence-electron chi connectivity index (χ2n) is 6.57. The van der Waals surface area contributed by atoms with Gasteiger partial charge in [-0.15, -0.1) is 0 Å². The van der Waals surface area contributed by atoms with E-state index < -0.39 is 0 Å². The summed E-state index contributed by atoms with van der Waals surface area (Å²) in [7, 11) is 0. The van der Waals surface area contributed by atoms with E-state index in [4.69, 9.17) is 4.98 Å². The van der Waals surface area contributed by atoms with Crippen molar-refractivity contribution < 1.29 is 0 Å². The van der Waals surface area contributed by atoms with Crippen molar-refractivity contribution in [2.75, 3.05) is 18.1 Å². The summed E-state index contributed by atoms with van der Waals surface area (Å²) in [6.07, 6.45) is 8.19. The van der Waals surface area contributed by atoms with Gasteiger partial charge in [0.1, 0.15) is 11.3 Å². The Morgan fingerprint density at radius 1 is 1.32 bits per heavy atom. The molecule has 2 aromatic rings. The maximum absolute atomic E-state index is 4.90. The van der Waals surface area contributed by atoms with Crippen molar-refractivity contribution in [3.63, 3.8) is 0 Å². The number of thioether (sulfide) groups is 1. The van der Waals surface area contributed by atoms with Crippen LogP contribution < -0.4 is 5.32 Å². The van der Waals surface area contributed by atoms with Gasteiger partial charge in [0.15, 0.2) is 5.65 Å². The monoisotopic (exact) mass is 316 g/mol. The third kappa shape index (κ3) is 3.01. The minimum Gasteiger partial charge on any atom is -0.314 e. The molecule has 0 amide bonds. The summed E-state index contributed by atoms with van der Waals surface area (Å²) in [5.41, 5.74) is 2.13. The maximum atomic E-state index is 4.90. The van der Waals surface area contributed by atoms with Crippen LogP contribution in [0.1, 0.15) is 31.5 Å². The molecule has 0 aromatic carbocycles. The molecule has 0 bridgehead atoms. The molecule has 2 aliphatic rings. The lowest BCUT2D eigenvalue weighted by Crippen LogP contribution is -2.36. The number of nitrogens with one attached hydrogen (secondary N) is 1. The highest BCUT2D eigenvalue weighted by atomic mass is 32.2. The van der Waals surface area contributed by atoms with Gasteiger partial charge in [0.2, 0.25) is 0 Å². The smallest absolute Gasteiger partial charge is 0.159 e. The lowest BCUT2D eigenvalue weighted by atomic mass is 10.0. The number of imidazole rings is 1. The zero-order chi connectivity index (χ0) is 14.8. The first-order valence-electron chi connectivity index (χ1n) is 8.51. The Bertz CT molecular complexity index is 627. The summed E-state index contributed by atoms with van der Waals surface area (Å²) >= 11 is 2.08. The van der Waals surface area contributed by atoms with Crippen LogP contribution in [0, 0.1) is 5.92 Å². The molecule has 118 valence electrons. The van der Waals surface area contributed by atoms with Crippen LogP contribution >= 0.6 is 11.8 Å². The SMILES string of the molecule is c1cnc2c(c1)nc(CC1CCCCN1)n2CC1CCSC1. The molecular formula is C17H24N4S. The third-order valence-corrected chi connectivity index (χ3v) is 6.12. The van der Waals surface area contributed by atoms with Crippen LogP contribution in [0.3, 0.4) is 0 Å². The van der Waals surface area contributed by atoms with E-state index in [0.29, 0.717) is 6.04 Å². The second-order valence-corrected chi connectivity index (χ2v) is 7.72. The van der Waals surface area contributed by atoms with Gasteiger partial charge < -0.3 is 9.88 Å². The van der Waals surface area contributed by atoms with E-state index in [-0.39, 0.29) is 0 Å². The van der Waals surface area contributed by atoms with E-state index in [2.05, 4.69) is 32.7 Å². The molecule has 2 unspecified atom stereocenters. The lowest BCUT2D eigenvalue weighted by molar-refractivity contribution is 0.385. The van der Waals surface area contributed by atoms with Gasteiger partial charge in [-0.1, -0.05) is 6.42 Å². The number of nitrogens with zero attached hydrogens (tertiary/aromatic N) is 3. The molecule has 2 atom stereocenters. The average molecular weight is 316 g/mol. The van der Waals surface area contributed by atoms with E-state index in [1.54, 1.807) is 0 Å². The highest BCUT2D eigenvalue weighted by Gasteiger charge is 2.22. The summed E-state index contributed by atoms with van der Waals surface area (Å²) in [5.74, 6) is 4.60. The molecule has 0 saturated carbocycles. The normalized spacial score (nSPS) is 25.8. The fourth-order valence-electron chi connectivity index (χ4n) is 3.66. The molecule has 22 heavy (non-hydrogen) atoms. The quantitative estimate of drug-likeness (QED) is 0.942. The number of aromatic nitrogens is 3. The molecule has 4 rings (SSSR count). The summed E-state index contributed by atoms with van der Waals surface area (Å²) in [5, 5.41) is 3.65. The Morgan fingerprint density at radius 3 is 3.14 bits per heavy atom. The topological polar surface area (TPSA) is 42.7 Å². The molecule has 2 aromatic heterocycles. The van der Waals surface area contributed by atoms with Crippen molar-refractivity contribution in [1.82, 2.24) is 19.9 Å². The molecule has 1 N–H and O–H groups in total. The van der Waals surface area contributed by atoms with Crippen molar-refractivity contribution in [1.29, 1.82) is 0 Å². The summed E-state index contributed by atoms with van der Waals surface area (Å²) in [4.78, 5) is 9.51. The number of fused-ring (bicyclic) bond motifs is 1. The fourth-order valence-corrected chi connectivity index (χ4v) is 4.93. The van der Waals surface area contributed by atoms with Crippen molar-refractivity contribution >= 4 is 22.9 Å². The first-order valence-corrected chi connectivity index (χ1v) is 9.67. The fraction of sp³-hybridized carbons (Fsp3) is 0.647. The lowest BCUT2D eigenvalue weighted by Gasteiger charge is -2.23. The maximum Gasteiger partial charge on any atom is 0.159 e. The van der Waals surface area contributed by atoms with Crippen molar-refractivity contribution in [3.8, 4) is 0 Å². The highest BCUT2D eigenvalue weighted by molar-refractivity contribution is 7.99. The van der Waals surface area contributed by atoms with E-state index in [9.17, 15) is 0 Å². The van der Waals surface area contributed by atoms with Crippen LogP contribution in [0.5, 0.6) is 0 Å². The van der Waals surface area contributed by atoms with Crippen molar-refractivity contribution in [2.24, 2.45) is 5.92 Å². The predicted octanol–water partition coefficient (Wildman–Crippen LogP) is 2.87. The Kier molecular flexibility index (Phi) is 4.35. The molecule has 2 saturated heterocycles. The Balaban J connectivity index is 1.62. The van der Waals surface area contributed by atoms with Gasteiger partial charge in [-0.3, -0.25) is 0 Å². The van der Waals surface area contributed by atoms with Gasteiger partial charge in [0, 0.05) is 25.2 Å². The van der Waals surface area contributed by atoms with Crippen molar-refractivity contribution in [3.05, 3.63) is 24.2 Å². The first-order chi connectivity index (χ1) is 10.9. The number of hydrogen-bond donors (Lipinski definition) is 1. The second kappa shape index (κ2) is 6.59.